The van der Waals surface area contributed by atoms with Crippen molar-refractivity contribution < 1.29 is 0 Å². The van der Waals surface area contributed by atoms with Crippen molar-refractivity contribution in [3.63, 3.8) is 0 Å². The number of hydrogen-bond acceptors (Lipinski definition) is 4. The van der Waals surface area contributed by atoms with Gasteiger partial charge in [-0.05, 0) is 54.3 Å². The van der Waals surface area contributed by atoms with E-state index in [1.54, 1.807) is 0 Å². The maximum atomic E-state index is 4.20. The maximum absolute atomic E-state index is 4.20. The van der Waals surface area contributed by atoms with Gasteiger partial charge in [0.05, 0.1) is 12.2 Å². The zero-order valence-corrected chi connectivity index (χ0v) is 11.9. The number of hydrogen-bond donors (Lipinski definition) is 0. The Hall–Kier alpha value is -1.75. The van der Waals surface area contributed by atoms with E-state index in [4.69, 9.17) is 0 Å². The molecule has 3 rings (SSSR count). The third-order valence-electron chi connectivity index (χ3n) is 3.65. The van der Waals surface area contributed by atoms with Crippen LogP contribution in [0.4, 0.5) is 0 Å². The van der Waals surface area contributed by atoms with Crippen LogP contribution in [0.5, 0.6) is 0 Å². The fraction of sp³-hybridized carbons (Fsp3) is 0.533. The first-order chi connectivity index (χ1) is 9.86. The van der Waals surface area contributed by atoms with Crippen LogP contribution in [-0.4, -0.2) is 38.2 Å². The summed E-state index contributed by atoms with van der Waals surface area (Å²) in [7, 11) is 0. The molecule has 0 atom stereocenters. The highest BCUT2D eigenvalue weighted by Crippen LogP contribution is 2.30. The second-order valence-electron chi connectivity index (χ2n) is 5.52. The summed E-state index contributed by atoms with van der Waals surface area (Å²) in [5.74, 6) is 1.81. The zero-order chi connectivity index (χ0) is 13.8. The lowest BCUT2D eigenvalue weighted by Crippen LogP contribution is -2.28. The first kappa shape index (κ1) is 13.2. The van der Waals surface area contributed by atoms with Crippen LogP contribution in [0.15, 0.2) is 30.3 Å². The molecule has 0 N–H and O–H groups in total. The summed E-state index contributed by atoms with van der Waals surface area (Å²) < 4.78 is 1.84. The number of tetrazole rings is 1. The molecule has 2 aromatic rings. The van der Waals surface area contributed by atoms with Gasteiger partial charge in [0.25, 0.3) is 0 Å². The monoisotopic (exact) mass is 271 g/mol. The molecular formula is C15H21N5. The molecule has 20 heavy (non-hydrogen) atoms. The van der Waals surface area contributed by atoms with E-state index in [9.17, 15) is 0 Å². The van der Waals surface area contributed by atoms with E-state index in [0.29, 0.717) is 0 Å². The Morgan fingerprint density at radius 3 is 2.75 bits per heavy atom. The minimum absolute atomic E-state index is 0.826. The normalized spacial score (nSPS) is 14.9. The van der Waals surface area contributed by atoms with Gasteiger partial charge in [-0.2, -0.15) is 4.68 Å². The van der Waals surface area contributed by atoms with Gasteiger partial charge in [0.2, 0.25) is 0 Å². The van der Waals surface area contributed by atoms with E-state index in [2.05, 4.69) is 27.3 Å². The molecule has 106 valence electrons. The SMILES string of the molecule is CCCN(Cc1nnnn1-c1ccccc1)CC1CC1. The van der Waals surface area contributed by atoms with Crippen molar-refractivity contribution in [3.8, 4) is 5.69 Å². The van der Waals surface area contributed by atoms with Crippen LogP contribution in [0.1, 0.15) is 32.0 Å². The lowest BCUT2D eigenvalue weighted by molar-refractivity contribution is 0.247. The number of aromatic nitrogens is 4. The van der Waals surface area contributed by atoms with E-state index in [-0.39, 0.29) is 0 Å². The molecule has 5 heteroatoms. The van der Waals surface area contributed by atoms with Crippen LogP contribution in [0.2, 0.25) is 0 Å². The summed E-state index contributed by atoms with van der Waals surface area (Å²) in [5.41, 5.74) is 1.02. The van der Waals surface area contributed by atoms with Crippen molar-refractivity contribution in [1.29, 1.82) is 0 Å². The standard InChI is InChI=1S/C15H21N5/c1-2-10-19(11-13-8-9-13)12-15-16-17-18-20(15)14-6-4-3-5-7-14/h3-7,13H,2,8-12H2,1H3. The second-order valence-corrected chi connectivity index (χ2v) is 5.52. The smallest absolute Gasteiger partial charge is 0.170 e. The highest BCUT2D eigenvalue weighted by atomic mass is 15.5. The molecule has 0 saturated heterocycles. The fourth-order valence-electron chi connectivity index (χ4n) is 2.49. The van der Waals surface area contributed by atoms with E-state index >= 15 is 0 Å². The molecular weight excluding hydrogens is 250 g/mol. The topological polar surface area (TPSA) is 46.8 Å². The minimum Gasteiger partial charge on any atom is -0.296 e. The number of rotatable bonds is 7. The predicted octanol–water partition coefficient (Wildman–Crippen LogP) is 2.28. The molecule has 0 spiro atoms. The van der Waals surface area contributed by atoms with Gasteiger partial charge in [-0.3, -0.25) is 4.90 Å². The van der Waals surface area contributed by atoms with Gasteiger partial charge >= 0.3 is 0 Å². The fourth-order valence-corrected chi connectivity index (χ4v) is 2.49. The molecule has 1 aliphatic carbocycles. The van der Waals surface area contributed by atoms with Crippen LogP contribution < -0.4 is 0 Å². The molecule has 1 heterocycles. The molecule has 1 aliphatic rings. The molecule has 1 aromatic carbocycles. The maximum Gasteiger partial charge on any atom is 0.170 e. The van der Waals surface area contributed by atoms with Crippen LogP contribution in [0.3, 0.4) is 0 Å². The molecule has 5 nitrogen and oxygen atoms in total. The minimum atomic E-state index is 0.826. The Bertz CT molecular complexity index is 532. The molecule has 1 aromatic heterocycles. The first-order valence-electron chi connectivity index (χ1n) is 7.42. The lowest BCUT2D eigenvalue weighted by Gasteiger charge is -2.20. The second kappa shape index (κ2) is 6.13. The highest BCUT2D eigenvalue weighted by molar-refractivity contribution is 5.30. The van der Waals surface area contributed by atoms with Crippen molar-refractivity contribution in [1.82, 2.24) is 25.1 Å². The summed E-state index contributed by atoms with van der Waals surface area (Å²) in [6.07, 6.45) is 3.92. The van der Waals surface area contributed by atoms with Gasteiger partial charge in [-0.15, -0.1) is 5.10 Å². The lowest BCUT2D eigenvalue weighted by atomic mass is 10.3. The van der Waals surface area contributed by atoms with E-state index < -0.39 is 0 Å². The Labute approximate surface area is 119 Å². The van der Waals surface area contributed by atoms with Crippen LogP contribution in [0.25, 0.3) is 5.69 Å². The van der Waals surface area contributed by atoms with E-state index in [0.717, 1.165) is 30.5 Å². The Kier molecular flexibility index (Phi) is 4.06. The molecule has 0 amide bonds. The first-order valence-corrected chi connectivity index (χ1v) is 7.42. The van der Waals surface area contributed by atoms with Crippen molar-refractivity contribution in [2.45, 2.75) is 32.7 Å². The number of benzene rings is 1. The largest absolute Gasteiger partial charge is 0.296 e. The third-order valence-corrected chi connectivity index (χ3v) is 3.65. The van der Waals surface area contributed by atoms with E-state index in [1.807, 2.05) is 35.0 Å². The molecule has 0 unspecified atom stereocenters. The summed E-state index contributed by atoms with van der Waals surface area (Å²) >= 11 is 0. The van der Waals surface area contributed by atoms with Gasteiger partial charge in [-0.1, -0.05) is 25.1 Å². The quantitative estimate of drug-likeness (QED) is 0.775. The third kappa shape index (κ3) is 3.22. The Morgan fingerprint density at radius 2 is 2.05 bits per heavy atom. The predicted molar refractivity (Wildman–Crippen MR) is 77.4 cm³/mol. The van der Waals surface area contributed by atoms with Crippen LogP contribution >= 0.6 is 0 Å². The van der Waals surface area contributed by atoms with Crippen molar-refractivity contribution in [2.24, 2.45) is 5.92 Å². The number of para-hydroxylation sites is 1. The average Bonchev–Trinajstić information content (AvgIpc) is 3.16. The van der Waals surface area contributed by atoms with Crippen molar-refractivity contribution in [2.75, 3.05) is 13.1 Å². The van der Waals surface area contributed by atoms with Gasteiger partial charge in [-0.25, -0.2) is 0 Å². The summed E-state index contributed by atoms with van der Waals surface area (Å²) in [4.78, 5) is 2.48. The van der Waals surface area contributed by atoms with Crippen molar-refractivity contribution in [3.05, 3.63) is 36.2 Å². The molecule has 0 bridgehead atoms. The highest BCUT2D eigenvalue weighted by Gasteiger charge is 2.25. The Morgan fingerprint density at radius 1 is 1.25 bits per heavy atom. The van der Waals surface area contributed by atoms with Gasteiger partial charge in [0.1, 0.15) is 0 Å². The number of nitrogens with zero attached hydrogens (tertiary/aromatic N) is 5. The molecule has 0 aliphatic heterocycles. The van der Waals surface area contributed by atoms with Gasteiger partial charge < -0.3 is 0 Å². The Balaban J connectivity index is 1.74. The van der Waals surface area contributed by atoms with Gasteiger partial charge in [0, 0.05) is 6.54 Å². The molecule has 1 fully saturated rings. The average molecular weight is 271 g/mol. The van der Waals surface area contributed by atoms with Crippen LogP contribution in [-0.2, 0) is 6.54 Å². The molecule has 1 saturated carbocycles. The van der Waals surface area contributed by atoms with E-state index in [1.165, 1.54) is 25.8 Å². The summed E-state index contributed by atoms with van der Waals surface area (Å²) in [6, 6.07) is 10.1. The van der Waals surface area contributed by atoms with Crippen LogP contribution in [0, 0.1) is 5.92 Å². The zero-order valence-electron chi connectivity index (χ0n) is 11.9. The molecule has 0 radical (unpaired) electrons. The summed E-state index contributed by atoms with van der Waals surface area (Å²) in [6.45, 7) is 5.33. The van der Waals surface area contributed by atoms with Crippen molar-refractivity contribution >= 4 is 0 Å². The summed E-state index contributed by atoms with van der Waals surface area (Å²) in [5, 5.41) is 12.2. The van der Waals surface area contributed by atoms with Gasteiger partial charge in [0.15, 0.2) is 5.82 Å².